The second-order valence-electron chi connectivity index (χ2n) is 7.00. The predicted molar refractivity (Wildman–Crippen MR) is 102 cm³/mol. The minimum Gasteiger partial charge on any atom is -0.487 e. The summed E-state index contributed by atoms with van der Waals surface area (Å²) in [4.78, 5) is 15.0. The number of carbonyl (C=O) groups is 1. The first kappa shape index (κ1) is 18.5. The maximum Gasteiger partial charge on any atom is 0.272 e. The number of hydrogen-bond donors (Lipinski definition) is 0. The normalized spacial score (nSPS) is 15.5. The molecule has 0 bridgehead atoms. The van der Waals surface area contributed by atoms with Crippen LogP contribution in [0.4, 0.5) is 0 Å². The van der Waals surface area contributed by atoms with Gasteiger partial charge in [0.05, 0.1) is 0 Å². The molecule has 0 atom stereocenters. The Morgan fingerprint density at radius 2 is 1.88 bits per heavy atom. The molecular formula is C21H29N3O2. The summed E-state index contributed by atoms with van der Waals surface area (Å²) in [5.74, 6) is 0.874. The van der Waals surface area contributed by atoms with Gasteiger partial charge in [0, 0.05) is 19.6 Å². The van der Waals surface area contributed by atoms with E-state index in [1.807, 2.05) is 55.3 Å². The van der Waals surface area contributed by atoms with Gasteiger partial charge in [-0.05, 0) is 38.0 Å². The van der Waals surface area contributed by atoms with Crippen molar-refractivity contribution in [1.29, 1.82) is 0 Å². The van der Waals surface area contributed by atoms with E-state index in [2.05, 4.69) is 5.10 Å². The first-order chi connectivity index (χ1) is 12.7. The van der Waals surface area contributed by atoms with Crippen molar-refractivity contribution < 1.29 is 9.53 Å². The van der Waals surface area contributed by atoms with E-state index in [1.54, 1.807) is 4.68 Å². The molecule has 0 radical (unpaired) electrons. The Labute approximate surface area is 156 Å². The highest BCUT2D eigenvalue weighted by Crippen LogP contribution is 2.23. The van der Waals surface area contributed by atoms with Crippen molar-refractivity contribution in [3.63, 3.8) is 0 Å². The van der Waals surface area contributed by atoms with Crippen molar-refractivity contribution in [2.45, 2.75) is 64.6 Å². The summed E-state index contributed by atoms with van der Waals surface area (Å²) in [5.41, 5.74) is 1.44. The van der Waals surface area contributed by atoms with Crippen molar-refractivity contribution in [2.75, 3.05) is 7.05 Å². The molecule has 1 aromatic carbocycles. The number of ether oxygens (including phenoxy) is 1. The van der Waals surface area contributed by atoms with E-state index < -0.39 is 0 Å². The molecule has 3 rings (SSSR count). The Hall–Kier alpha value is -2.30. The highest BCUT2D eigenvalue weighted by molar-refractivity contribution is 5.92. The summed E-state index contributed by atoms with van der Waals surface area (Å²) in [6, 6.07) is 11.9. The third-order valence-corrected chi connectivity index (χ3v) is 5.17. The van der Waals surface area contributed by atoms with Gasteiger partial charge < -0.3 is 9.64 Å². The lowest BCUT2D eigenvalue weighted by atomic mass is 10.1. The zero-order chi connectivity index (χ0) is 18.4. The Balaban J connectivity index is 1.69. The molecule has 1 aliphatic rings. The van der Waals surface area contributed by atoms with Crippen LogP contribution < -0.4 is 4.74 Å². The Bertz CT molecular complexity index is 703. The number of nitrogens with zero attached hydrogens (tertiary/aromatic N) is 3. The number of aromatic nitrogens is 2. The quantitative estimate of drug-likeness (QED) is 0.727. The minimum atomic E-state index is 0.0669. The highest BCUT2D eigenvalue weighted by atomic mass is 16.5. The molecule has 2 aromatic rings. The van der Waals surface area contributed by atoms with Crippen molar-refractivity contribution in [1.82, 2.24) is 14.7 Å². The summed E-state index contributed by atoms with van der Waals surface area (Å²) < 4.78 is 7.57. The summed E-state index contributed by atoms with van der Waals surface area (Å²) in [5, 5.41) is 4.56. The van der Waals surface area contributed by atoms with E-state index in [0.29, 0.717) is 24.9 Å². The van der Waals surface area contributed by atoms with Crippen LogP contribution in [0.5, 0.6) is 5.75 Å². The van der Waals surface area contributed by atoms with Gasteiger partial charge in [0.1, 0.15) is 23.7 Å². The lowest BCUT2D eigenvalue weighted by Crippen LogP contribution is -2.37. The first-order valence-corrected chi connectivity index (χ1v) is 9.70. The molecule has 1 fully saturated rings. The van der Waals surface area contributed by atoms with Crippen molar-refractivity contribution >= 4 is 5.91 Å². The molecular weight excluding hydrogens is 326 g/mol. The minimum absolute atomic E-state index is 0.0669. The molecule has 0 spiro atoms. The Morgan fingerprint density at radius 1 is 1.19 bits per heavy atom. The SMILES string of the molecule is CCn1nc(COc2ccccc2)cc1C(=O)N(C)C1CCCCCC1. The van der Waals surface area contributed by atoms with Crippen LogP contribution in [0.1, 0.15) is 61.6 Å². The summed E-state index contributed by atoms with van der Waals surface area (Å²) in [6.45, 7) is 3.05. The number of rotatable bonds is 6. The summed E-state index contributed by atoms with van der Waals surface area (Å²) in [7, 11) is 1.94. The highest BCUT2D eigenvalue weighted by Gasteiger charge is 2.25. The lowest BCUT2D eigenvalue weighted by molar-refractivity contribution is 0.0705. The number of para-hydroxylation sites is 1. The van der Waals surface area contributed by atoms with E-state index in [9.17, 15) is 4.79 Å². The van der Waals surface area contributed by atoms with Crippen LogP contribution in [0.15, 0.2) is 36.4 Å². The predicted octanol–water partition coefficient (Wildman–Crippen LogP) is 4.28. The fourth-order valence-electron chi connectivity index (χ4n) is 3.62. The third-order valence-electron chi connectivity index (χ3n) is 5.17. The topological polar surface area (TPSA) is 47.4 Å². The first-order valence-electron chi connectivity index (χ1n) is 9.70. The zero-order valence-corrected chi connectivity index (χ0v) is 15.9. The van der Waals surface area contributed by atoms with E-state index in [0.717, 1.165) is 24.3 Å². The molecule has 1 aromatic heterocycles. The average Bonchev–Trinajstić information content (AvgIpc) is 2.90. The second-order valence-corrected chi connectivity index (χ2v) is 7.00. The molecule has 1 aliphatic carbocycles. The van der Waals surface area contributed by atoms with Crippen LogP contribution in [-0.4, -0.2) is 33.7 Å². The monoisotopic (exact) mass is 355 g/mol. The number of aryl methyl sites for hydroxylation is 1. The van der Waals surface area contributed by atoms with Gasteiger partial charge in [-0.3, -0.25) is 9.48 Å². The molecule has 1 heterocycles. The van der Waals surface area contributed by atoms with Gasteiger partial charge in [0.15, 0.2) is 0 Å². The van der Waals surface area contributed by atoms with Crippen LogP contribution in [0.3, 0.4) is 0 Å². The number of amides is 1. The Morgan fingerprint density at radius 3 is 2.54 bits per heavy atom. The molecule has 0 unspecified atom stereocenters. The lowest BCUT2D eigenvalue weighted by Gasteiger charge is -2.27. The second kappa shape index (κ2) is 8.88. The maximum absolute atomic E-state index is 13.0. The van der Waals surface area contributed by atoms with Crippen molar-refractivity contribution in [3.8, 4) is 5.75 Å². The summed E-state index contributed by atoms with van der Waals surface area (Å²) in [6.07, 6.45) is 7.20. The van der Waals surface area contributed by atoms with Crippen LogP contribution in [0.2, 0.25) is 0 Å². The van der Waals surface area contributed by atoms with E-state index in [4.69, 9.17) is 4.74 Å². The number of benzene rings is 1. The molecule has 0 aliphatic heterocycles. The van der Waals surface area contributed by atoms with Gasteiger partial charge in [-0.1, -0.05) is 43.9 Å². The maximum atomic E-state index is 13.0. The zero-order valence-electron chi connectivity index (χ0n) is 15.9. The number of hydrogen-bond acceptors (Lipinski definition) is 3. The van der Waals surface area contributed by atoms with Crippen LogP contribution in [0, 0.1) is 0 Å². The van der Waals surface area contributed by atoms with E-state index in [-0.39, 0.29) is 5.91 Å². The largest absolute Gasteiger partial charge is 0.487 e. The van der Waals surface area contributed by atoms with E-state index >= 15 is 0 Å². The molecule has 0 saturated heterocycles. The van der Waals surface area contributed by atoms with Gasteiger partial charge in [-0.2, -0.15) is 5.10 Å². The molecule has 1 saturated carbocycles. The molecule has 26 heavy (non-hydrogen) atoms. The fourth-order valence-corrected chi connectivity index (χ4v) is 3.62. The Kier molecular flexibility index (Phi) is 6.31. The molecule has 1 amide bonds. The van der Waals surface area contributed by atoms with Gasteiger partial charge >= 0.3 is 0 Å². The van der Waals surface area contributed by atoms with Gasteiger partial charge in [-0.15, -0.1) is 0 Å². The van der Waals surface area contributed by atoms with Gasteiger partial charge in [0.25, 0.3) is 5.91 Å². The van der Waals surface area contributed by atoms with E-state index in [1.165, 1.54) is 25.7 Å². The molecule has 140 valence electrons. The fraction of sp³-hybridized carbons (Fsp3) is 0.524. The van der Waals surface area contributed by atoms with Crippen LogP contribution in [0.25, 0.3) is 0 Å². The third kappa shape index (κ3) is 4.45. The number of carbonyl (C=O) groups excluding carboxylic acids is 1. The summed E-state index contributed by atoms with van der Waals surface area (Å²) >= 11 is 0. The van der Waals surface area contributed by atoms with Crippen molar-refractivity contribution in [3.05, 3.63) is 47.8 Å². The molecule has 0 N–H and O–H groups in total. The smallest absolute Gasteiger partial charge is 0.272 e. The molecule has 5 heteroatoms. The van der Waals surface area contributed by atoms with Crippen LogP contribution >= 0.6 is 0 Å². The van der Waals surface area contributed by atoms with Crippen LogP contribution in [-0.2, 0) is 13.2 Å². The standard InChI is InChI=1S/C21H29N3O2/c1-3-24-20(21(25)23(2)18-11-7-4-5-8-12-18)15-17(22-24)16-26-19-13-9-6-10-14-19/h6,9-10,13-15,18H,3-5,7-8,11-12,16H2,1-2H3. The average molecular weight is 355 g/mol. The van der Waals surface area contributed by atoms with Gasteiger partial charge in [-0.25, -0.2) is 0 Å². The molecule has 5 nitrogen and oxygen atoms in total. The van der Waals surface area contributed by atoms with Crippen molar-refractivity contribution in [2.24, 2.45) is 0 Å². The van der Waals surface area contributed by atoms with Gasteiger partial charge in [0.2, 0.25) is 0 Å².